The maximum absolute atomic E-state index is 11.8. The highest BCUT2D eigenvalue weighted by atomic mass is 16.4. The highest BCUT2D eigenvalue weighted by molar-refractivity contribution is 6.18. The summed E-state index contributed by atoms with van der Waals surface area (Å²) in [5.74, 6) is -2.64. The molecule has 0 radical (unpaired) electrons. The molecular weight excluding hydrogens is 292 g/mol. The highest BCUT2D eigenvalue weighted by Crippen LogP contribution is 2.23. The fourth-order valence-corrected chi connectivity index (χ4v) is 2.71. The van der Waals surface area contributed by atoms with E-state index in [0.717, 1.165) is 31.4 Å². The summed E-state index contributed by atoms with van der Waals surface area (Å²) in [7, 11) is 0. The molecule has 2 rings (SSSR count). The summed E-state index contributed by atoms with van der Waals surface area (Å²) in [4.78, 5) is 34.6. The molecule has 0 saturated carbocycles. The Hall–Kier alpha value is -2.49. The molecule has 1 aliphatic rings. The molecule has 0 aromatic heterocycles. The third-order valence-corrected chi connectivity index (χ3v) is 3.96. The van der Waals surface area contributed by atoms with E-state index in [4.69, 9.17) is 0 Å². The zero-order valence-electron chi connectivity index (χ0n) is 12.9. The lowest BCUT2D eigenvalue weighted by atomic mass is 9.87. The second-order valence-electron chi connectivity index (χ2n) is 5.68. The number of carbonyl (C=O) groups excluding carboxylic acids is 2. The number of rotatable bonds is 8. The van der Waals surface area contributed by atoms with E-state index in [2.05, 4.69) is 12.1 Å². The molecule has 120 valence electrons. The normalized spacial score (nSPS) is 15.4. The number of hydrogen-bond acceptors (Lipinski definition) is 3. The van der Waals surface area contributed by atoms with Crippen LogP contribution in [0.25, 0.3) is 0 Å². The molecule has 1 aliphatic carbocycles. The number of benzene rings is 1. The number of aliphatic carboxylic acids is 1. The van der Waals surface area contributed by atoms with Crippen molar-refractivity contribution in [2.75, 3.05) is 0 Å². The average molecular weight is 312 g/mol. The number of ketones is 2. The summed E-state index contributed by atoms with van der Waals surface area (Å²) in [6.07, 6.45) is 7.40. The Balaban J connectivity index is 1.83. The van der Waals surface area contributed by atoms with Gasteiger partial charge < -0.3 is 5.11 Å². The fourth-order valence-electron chi connectivity index (χ4n) is 2.71. The van der Waals surface area contributed by atoms with Gasteiger partial charge in [0.15, 0.2) is 11.6 Å². The molecular formula is C19H20O4. The Labute approximate surface area is 135 Å². The third kappa shape index (κ3) is 5.02. The fraction of sp³-hybridized carbons (Fsp3) is 0.316. The maximum atomic E-state index is 11.8. The van der Waals surface area contributed by atoms with Crippen LogP contribution in [0.3, 0.4) is 0 Å². The second kappa shape index (κ2) is 8.22. The van der Waals surface area contributed by atoms with E-state index in [1.165, 1.54) is 11.6 Å². The minimum Gasteiger partial charge on any atom is -0.481 e. The van der Waals surface area contributed by atoms with Crippen molar-refractivity contribution in [2.45, 2.75) is 32.1 Å². The number of aryl methyl sites for hydroxylation is 1. The zero-order chi connectivity index (χ0) is 16.7. The largest absolute Gasteiger partial charge is 0.481 e. The molecule has 0 fully saturated rings. The average Bonchev–Trinajstić information content (AvgIpc) is 2.54. The van der Waals surface area contributed by atoms with Gasteiger partial charge in [-0.3, -0.25) is 14.4 Å². The molecule has 4 nitrogen and oxygen atoms in total. The molecule has 0 bridgehead atoms. The van der Waals surface area contributed by atoms with E-state index >= 15 is 0 Å². The lowest BCUT2D eigenvalue weighted by Crippen LogP contribution is -2.23. The molecule has 1 unspecified atom stereocenters. The summed E-state index contributed by atoms with van der Waals surface area (Å²) in [6, 6.07) is 10.1. The molecule has 4 heteroatoms. The van der Waals surface area contributed by atoms with Gasteiger partial charge in [-0.05, 0) is 43.1 Å². The van der Waals surface area contributed by atoms with Crippen LogP contribution in [0, 0.1) is 5.92 Å². The van der Waals surface area contributed by atoms with Gasteiger partial charge in [-0.25, -0.2) is 0 Å². The molecule has 23 heavy (non-hydrogen) atoms. The van der Waals surface area contributed by atoms with Crippen molar-refractivity contribution in [3.05, 3.63) is 59.7 Å². The Morgan fingerprint density at radius 1 is 1.00 bits per heavy atom. The summed E-state index contributed by atoms with van der Waals surface area (Å²) in [5.41, 5.74) is 1.37. The van der Waals surface area contributed by atoms with Gasteiger partial charge >= 0.3 is 5.97 Å². The molecule has 1 aromatic carbocycles. The van der Waals surface area contributed by atoms with Gasteiger partial charge in [0.2, 0.25) is 0 Å². The van der Waals surface area contributed by atoms with Crippen LogP contribution in [0.4, 0.5) is 0 Å². The zero-order valence-corrected chi connectivity index (χ0v) is 12.9. The van der Waals surface area contributed by atoms with E-state index in [-0.39, 0.29) is 17.1 Å². The van der Waals surface area contributed by atoms with Gasteiger partial charge in [0.25, 0.3) is 0 Å². The van der Waals surface area contributed by atoms with Crippen LogP contribution in [-0.2, 0) is 20.8 Å². The molecule has 0 aliphatic heterocycles. The minimum absolute atomic E-state index is 0.105. The van der Waals surface area contributed by atoms with Gasteiger partial charge in [0, 0.05) is 5.57 Å². The lowest BCUT2D eigenvalue weighted by molar-refractivity contribution is -0.141. The smallest absolute Gasteiger partial charge is 0.311 e. The summed E-state index contributed by atoms with van der Waals surface area (Å²) < 4.78 is 0. The van der Waals surface area contributed by atoms with E-state index in [1.54, 1.807) is 0 Å². The van der Waals surface area contributed by atoms with E-state index < -0.39 is 11.9 Å². The first-order valence-electron chi connectivity index (χ1n) is 7.82. The standard InChI is InChI=1S/C19H20O4/c20-15-11-12-18(21)17(13-15)16(19(22)23)10-6-2-5-9-14-7-3-1-4-8-14/h1,3-4,7-8,11-13,16H,2,5-6,9-10H2,(H,22,23). The van der Waals surface area contributed by atoms with Gasteiger partial charge in [0.1, 0.15) is 0 Å². The number of unbranched alkanes of at least 4 members (excludes halogenated alkanes) is 2. The lowest BCUT2D eigenvalue weighted by Gasteiger charge is -2.15. The second-order valence-corrected chi connectivity index (χ2v) is 5.68. The van der Waals surface area contributed by atoms with Crippen LogP contribution in [0.5, 0.6) is 0 Å². The first kappa shape index (κ1) is 16.9. The number of allylic oxidation sites excluding steroid dienone is 3. The van der Waals surface area contributed by atoms with Crippen molar-refractivity contribution < 1.29 is 19.5 Å². The number of carboxylic acids is 1. The van der Waals surface area contributed by atoms with Crippen LogP contribution in [-0.4, -0.2) is 22.6 Å². The van der Waals surface area contributed by atoms with Crippen molar-refractivity contribution in [3.8, 4) is 0 Å². The first-order valence-corrected chi connectivity index (χ1v) is 7.82. The van der Waals surface area contributed by atoms with Crippen LogP contribution >= 0.6 is 0 Å². The summed E-state index contributed by atoms with van der Waals surface area (Å²) in [5, 5.41) is 9.34. The Kier molecular flexibility index (Phi) is 6.03. The summed E-state index contributed by atoms with van der Waals surface area (Å²) >= 11 is 0. The number of carbonyl (C=O) groups is 3. The van der Waals surface area contributed by atoms with Crippen LogP contribution in [0.2, 0.25) is 0 Å². The minimum atomic E-state index is -1.05. The number of hydrogen-bond donors (Lipinski definition) is 1. The Morgan fingerprint density at radius 2 is 1.74 bits per heavy atom. The molecule has 1 atom stereocenters. The van der Waals surface area contributed by atoms with Crippen LogP contribution in [0.1, 0.15) is 31.2 Å². The maximum Gasteiger partial charge on any atom is 0.311 e. The van der Waals surface area contributed by atoms with Crippen molar-refractivity contribution >= 4 is 17.5 Å². The van der Waals surface area contributed by atoms with Crippen molar-refractivity contribution in [3.63, 3.8) is 0 Å². The van der Waals surface area contributed by atoms with E-state index in [1.807, 2.05) is 18.2 Å². The number of carboxylic acid groups (broad SMARTS) is 1. The van der Waals surface area contributed by atoms with Crippen LogP contribution < -0.4 is 0 Å². The predicted octanol–water partition coefficient (Wildman–Crippen LogP) is 3.12. The van der Waals surface area contributed by atoms with E-state index in [9.17, 15) is 19.5 Å². The predicted molar refractivity (Wildman–Crippen MR) is 87.0 cm³/mol. The van der Waals surface area contributed by atoms with Crippen LogP contribution in [0.15, 0.2) is 54.1 Å². The highest BCUT2D eigenvalue weighted by Gasteiger charge is 2.28. The monoisotopic (exact) mass is 312 g/mol. The SMILES string of the molecule is O=C1C=CC(=O)C(C(CCCCCc2ccccc2)C(=O)O)=C1. The molecule has 0 heterocycles. The molecule has 0 amide bonds. The van der Waals surface area contributed by atoms with E-state index in [0.29, 0.717) is 12.8 Å². The third-order valence-electron chi connectivity index (χ3n) is 3.96. The molecule has 0 spiro atoms. The molecule has 0 saturated heterocycles. The topological polar surface area (TPSA) is 71.4 Å². The van der Waals surface area contributed by atoms with Gasteiger partial charge in [-0.2, -0.15) is 0 Å². The molecule has 1 aromatic rings. The van der Waals surface area contributed by atoms with Crippen molar-refractivity contribution in [1.82, 2.24) is 0 Å². The van der Waals surface area contributed by atoms with Gasteiger partial charge in [-0.1, -0.05) is 43.2 Å². The van der Waals surface area contributed by atoms with Gasteiger partial charge in [0.05, 0.1) is 5.92 Å². The van der Waals surface area contributed by atoms with Gasteiger partial charge in [-0.15, -0.1) is 0 Å². The van der Waals surface area contributed by atoms with Crippen molar-refractivity contribution in [1.29, 1.82) is 0 Å². The van der Waals surface area contributed by atoms with Crippen molar-refractivity contribution in [2.24, 2.45) is 5.92 Å². The quantitative estimate of drug-likeness (QED) is 0.591. The Bertz CT molecular complexity index is 641. The Morgan fingerprint density at radius 3 is 2.43 bits per heavy atom. The summed E-state index contributed by atoms with van der Waals surface area (Å²) in [6.45, 7) is 0. The first-order chi connectivity index (χ1) is 11.1. The molecule has 1 N–H and O–H groups in total.